The Hall–Kier alpha value is -3.39. The third kappa shape index (κ3) is 5.22. The van der Waals surface area contributed by atoms with Crippen LogP contribution in [-0.4, -0.2) is 65.8 Å². The molecule has 4 rings (SSSR count). The molecule has 3 N–H and O–H groups in total. The molecule has 1 unspecified atom stereocenters. The number of benzene rings is 2. The van der Waals surface area contributed by atoms with E-state index in [0.717, 1.165) is 35.3 Å². The number of alkyl carbamates (subject to hydrolysis) is 1. The fourth-order valence-electron chi connectivity index (χ4n) is 4.65. The van der Waals surface area contributed by atoms with Crippen molar-refractivity contribution in [3.63, 3.8) is 0 Å². The molecule has 0 spiro atoms. The molecule has 0 aromatic heterocycles. The van der Waals surface area contributed by atoms with Gasteiger partial charge in [-0.05, 0) is 42.5 Å². The molecule has 0 saturated carbocycles. The highest BCUT2D eigenvalue weighted by Crippen LogP contribution is 2.44. The van der Waals surface area contributed by atoms with Crippen LogP contribution in [0.25, 0.3) is 11.1 Å². The molecular weight excluding hydrogens is 434 g/mol. The molecule has 0 bridgehead atoms. The van der Waals surface area contributed by atoms with E-state index in [1.807, 2.05) is 36.4 Å². The van der Waals surface area contributed by atoms with Crippen LogP contribution in [0.4, 0.5) is 4.79 Å². The van der Waals surface area contributed by atoms with Gasteiger partial charge in [0, 0.05) is 31.5 Å². The second kappa shape index (κ2) is 10.3. The highest BCUT2D eigenvalue weighted by atomic mass is 16.5. The number of carbonyl (C=O) groups is 3. The molecule has 180 valence electrons. The van der Waals surface area contributed by atoms with Crippen LogP contribution in [0.5, 0.6) is 0 Å². The summed E-state index contributed by atoms with van der Waals surface area (Å²) >= 11 is 0. The minimum Gasteiger partial charge on any atom is -0.481 e. The quantitative estimate of drug-likeness (QED) is 0.526. The van der Waals surface area contributed by atoms with E-state index in [1.165, 1.54) is 0 Å². The first-order valence-electron chi connectivity index (χ1n) is 11.7. The number of nitrogens with one attached hydrogen (secondary N) is 2. The highest BCUT2D eigenvalue weighted by molar-refractivity contribution is 5.86. The molecule has 1 aliphatic heterocycles. The molecule has 2 amide bonds. The summed E-state index contributed by atoms with van der Waals surface area (Å²) in [6.45, 7) is 5.78. The molecule has 2 aromatic rings. The molecule has 1 fully saturated rings. The van der Waals surface area contributed by atoms with Crippen LogP contribution in [0.15, 0.2) is 48.5 Å². The number of likely N-dealkylation sites (tertiary alicyclic amines) is 1. The molecule has 34 heavy (non-hydrogen) atoms. The van der Waals surface area contributed by atoms with Gasteiger partial charge in [0.1, 0.15) is 12.6 Å². The van der Waals surface area contributed by atoms with Crippen LogP contribution < -0.4 is 10.6 Å². The Morgan fingerprint density at radius 1 is 1.03 bits per heavy atom. The number of hydrogen-bond donors (Lipinski definition) is 3. The lowest BCUT2D eigenvalue weighted by atomic mass is 9.98. The van der Waals surface area contributed by atoms with E-state index in [-0.39, 0.29) is 37.3 Å². The SMILES string of the molecule is CC(C)N1CC(NC(=O)C(CCC(=O)O)NC(=O)OCC2c3ccccc3-c3ccccc32)C1. The monoisotopic (exact) mass is 465 g/mol. The number of nitrogens with zero attached hydrogens (tertiary/aromatic N) is 1. The van der Waals surface area contributed by atoms with Crippen molar-refractivity contribution in [1.29, 1.82) is 0 Å². The van der Waals surface area contributed by atoms with Crippen molar-refractivity contribution in [1.82, 2.24) is 15.5 Å². The van der Waals surface area contributed by atoms with E-state index < -0.39 is 18.1 Å². The number of fused-ring (bicyclic) bond motifs is 3. The van der Waals surface area contributed by atoms with Crippen LogP contribution >= 0.6 is 0 Å². The Morgan fingerprint density at radius 3 is 2.18 bits per heavy atom. The average molecular weight is 466 g/mol. The van der Waals surface area contributed by atoms with Crippen molar-refractivity contribution in [2.75, 3.05) is 19.7 Å². The minimum absolute atomic E-state index is 0.00783. The first-order chi connectivity index (χ1) is 16.3. The standard InChI is InChI=1S/C26H31N3O5/c1-16(2)29-13-17(14-29)27-25(32)23(11-12-24(30)31)28-26(33)34-15-22-20-9-5-3-7-18(20)19-8-4-6-10-21(19)22/h3-10,16-17,22-23H,11-15H2,1-2H3,(H,27,32)(H,28,33)(H,30,31). The van der Waals surface area contributed by atoms with Crippen molar-refractivity contribution in [3.8, 4) is 11.1 Å². The van der Waals surface area contributed by atoms with Crippen LogP contribution in [0.3, 0.4) is 0 Å². The smallest absolute Gasteiger partial charge is 0.407 e. The third-order valence-electron chi connectivity index (χ3n) is 6.59. The maximum Gasteiger partial charge on any atom is 0.407 e. The fourth-order valence-corrected chi connectivity index (χ4v) is 4.65. The average Bonchev–Trinajstić information content (AvgIpc) is 3.10. The van der Waals surface area contributed by atoms with Gasteiger partial charge in [-0.25, -0.2) is 4.79 Å². The number of amides is 2. The number of hydrogen-bond acceptors (Lipinski definition) is 5. The predicted octanol–water partition coefficient (Wildman–Crippen LogP) is 2.97. The van der Waals surface area contributed by atoms with Crippen molar-refractivity contribution in [2.45, 2.75) is 50.7 Å². The summed E-state index contributed by atoms with van der Waals surface area (Å²) in [7, 11) is 0. The number of ether oxygens (including phenoxy) is 1. The van der Waals surface area contributed by atoms with Crippen LogP contribution in [0, 0.1) is 0 Å². The van der Waals surface area contributed by atoms with Gasteiger partial charge in [-0.1, -0.05) is 48.5 Å². The van der Waals surface area contributed by atoms with Crippen molar-refractivity contribution in [3.05, 3.63) is 59.7 Å². The van der Waals surface area contributed by atoms with E-state index >= 15 is 0 Å². The molecule has 8 nitrogen and oxygen atoms in total. The van der Waals surface area contributed by atoms with E-state index in [1.54, 1.807) is 0 Å². The van der Waals surface area contributed by atoms with E-state index in [9.17, 15) is 14.4 Å². The zero-order valence-electron chi connectivity index (χ0n) is 19.5. The van der Waals surface area contributed by atoms with Gasteiger partial charge in [-0.15, -0.1) is 0 Å². The normalized spacial score (nSPS) is 16.3. The second-order valence-electron chi connectivity index (χ2n) is 9.21. The van der Waals surface area contributed by atoms with Crippen molar-refractivity contribution >= 4 is 18.0 Å². The lowest BCUT2D eigenvalue weighted by Crippen LogP contribution is -2.63. The Morgan fingerprint density at radius 2 is 1.62 bits per heavy atom. The van der Waals surface area contributed by atoms with Crippen LogP contribution in [-0.2, 0) is 14.3 Å². The molecule has 1 saturated heterocycles. The zero-order chi connectivity index (χ0) is 24.2. The first kappa shape index (κ1) is 23.8. The number of carbonyl (C=O) groups excluding carboxylic acids is 2. The fraction of sp³-hybridized carbons (Fsp3) is 0.423. The Balaban J connectivity index is 1.36. The Bertz CT molecular complexity index is 1020. The summed E-state index contributed by atoms with van der Waals surface area (Å²) in [6.07, 6.45) is -0.971. The van der Waals surface area contributed by atoms with Crippen molar-refractivity contribution in [2.24, 2.45) is 0 Å². The molecule has 1 atom stereocenters. The summed E-state index contributed by atoms with van der Waals surface area (Å²) in [4.78, 5) is 38.7. The number of carboxylic acid groups (broad SMARTS) is 1. The largest absolute Gasteiger partial charge is 0.481 e. The molecule has 1 heterocycles. The maximum atomic E-state index is 12.8. The topological polar surface area (TPSA) is 108 Å². The van der Waals surface area contributed by atoms with E-state index in [4.69, 9.17) is 9.84 Å². The number of carboxylic acids is 1. The van der Waals surface area contributed by atoms with Gasteiger partial charge < -0.3 is 20.5 Å². The summed E-state index contributed by atoms with van der Waals surface area (Å²) < 4.78 is 5.54. The highest BCUT2D eigenvalue weighted by Gasteiger charge is 2.33. The van der Waals surface area contributed by atoms with E-state index in [2.05, 4.69) is 41.5 Å². The summed E-state index contributed by atoms with van der Waals surface area (Å²) in [5, 5.41) is 14.6. The molecule has 0 radical (unpaired) electrons. The summed E-state index contributed by atoms with van der Waals surface area (Å²) in [5.74, 6) is -1.51. The predicted molar refractivity (Wildman–Crippen MR) is 128 cm³/mol. The minimum atomic E-state index is -1.03. The van der Waals surface area contributed by atoms with Gasteiger partial charge >= 0.3 is 12.1 Å². The molecular formula is C26H31N3O5. The van der Waals surface area contributed by atoms with E-state index in [0.29, 0.717) is 6.04 Å². The lowest BCUT2D eigenvalue weighted by Gasteiger charge is -2.42. The maximum absolute atomic E-state index is 12.8. The van der Waals surface area contributed by atoms with Gasteiger partial charge in [-0.3, -0.25) is 14.5 Å². The molecule has 8 heteroatoms. The lowest BCUT2D eigenvalue weighted by molar-refractivity contribution is -0.137. The molecule has 1 aliphatic carbocycles. The third-order valence-corrected chi connectivity index (χ3v) is 6.59. The summed E-state index contributed by atoms with van der Waals surface area (Å²) in [5.41, 5.74) is 4.44. The molecule has 2 aromatic carbocycles. The Kier molecular flexibility index (Phi) is 7.17. The van der Waals surface area contributed by atoms with Gasteiger partial charge in [0.05, 0.1) is 6.04 Å². The van der Waals surface area contributed by atoms with Crippen LogP contribution in [0.2, 0.25) is 0 Å². The van der Waals surface area contributed by atoms with Gasteiger partial charge in [0.15, 0.2) is 0 Å². The summed E-state index contributed by atoms with van der Waals surface area (Å²) in [6, 6.07) is 15.5. The van der Waals surface area contributed by atoms with Gasteiger partial charge in [0.25, 0.3) is 0 Å². The Labute approximate surface area is 199 Å². The second-order valence-corrected chi connectivity index (χ2v) is 9.21. The number of aliphatic carboxylic acids is 1. The first-order valence-corrected chi connectivity index (χ1v) is 11.7. The van der Waals surface area contributed by atoms with Gasteiger partial charge in [-0.2, -0.15) is 0 Å². The van der Waals surface area contributed by atoms with Crippen molar-refractivity contribution < 1.29 is 24.2 Å². The van der Waals surface area contributed by atoms with Crippen LogP contribution in [0.1, 0.15) is 43.7 Å². The zero-order valence-corrected chi connectivity index (χ0v) is 19.5. The molecule has 2 aliphatic rings. The number of rotatable bonds is 9. The van der Waals surface area contributed by atoms with Gasteiger partial charge in [0.2, 0.25) is 5.91 Å².